The lowest BCUT2D eigenvalue weighted by atomic mass is 10.1. The highest BCUT2D eigenvalue weighted by molar-refractivity contribution is 8.13. The summed E-state index contributed by atoms with van der Waals surface area (Å²) >= 11 is 13.5. The highest BCUT2D eigenvalue weighted by atomic mass is 35.5. The Hall–Kier alpha value is -1.04. The molecule has 0 aromatic heterocycles. The molecule has 2 aliphatic rings. The third kappa shape index (κ3) is 2.38. The van der Waals surface area contributed by atoms with Crippen molar-refractivity contribution in [2.24, 2.45) is 14.5 Å². The quantitative estimate of drug-likeness (QED) is 0.778. The summed E-state index contributed by atoms with van der Waals surface area (Å²) in [4.78, 5) is 4.48. The molecule has 2 heterocycles. The second kappa shape index (κ2) is 5.15. The number of amidine groups is 2. The average Bonchev–Trinajstić information content (AvgIpc) is 2.80. The van der Waals surface area contributed by atoms with Crippen LogP contribution in [0, 0.1) is 0 Å². The monoisotopic (exact) mass is 312 g/mol. The summed E-state index contributed by atoms with van der Waals surface area (Å²) in [6, 6.07) is 5.39. The molecule has 1 aromatic carbocycles. The molecule has 98 valence electrons. The van der Waals surface area contributed by atoms with Crippen molar-refractivity contribution < 1.29 is 0 Å². The van der Waals surface area contributed by atoms with Crippen LogP contribution in [0.15, 0.2) is 32.7 Å². The summed E-state index contributed by atoms with van der Waals surface area (Å²) in [5.41, 5.74) is 1.69. The van der Waals surface area contributed by atoms with Gasteiger partial charge in [0.05, 0.1) is 29.2 Å². The largest absolute Gasteiger partial charge is 0.253 e. The van der Waals surface area contributed by atoms with Gasteiger partial charge in [-0.05, 0) is 12.1 Å². The van der Waals surface area contributed by atoms with Gasteiger partial charge >= 0.3 is 0 Å². The number of benzene rings is 1. The summed E-state index contributed by atoms with van der Waals surface area (Å²) in [6.07, 6.45) is 0.817. The van der Waals surface area contributed by atoms with Gasteiger partial charge in [-0.25, -0.2) is 0 Å². The van der Waals surface area contributed by atoms with Gasteiger partial charge in [0.25, 0.3) is 0 Å². The van der Waals surface area contributed by atoms with Gasteiger partial charge in [0.2, 0.25) is 5.17 Å². The minimum atomic E-state index is 0.507. The minimum Gasteiger partial charge on any atom is -0.253 e. The predicted molar refractivity (Wildman–Crippen MR) is 82.5 cm³/mol. The molecule has 0 unspecified atom stereocenters. The number of rotatable bonds is 2. The molecule has 4 nitrogen and oxygen atoms in total. The molecular weight excluding hydrogens is 303 g/mol. The molecule has 0 atom stereocenters. The molecular formula is C12H10Cl2N4S. The summed E-state index contributed by atoms with van der Waals surface area (Å²) in [5.74, 6) is 0.908. The second-order valence-corrected chi connectivity index (χ2v) is 5.61. The van der Waals surface area contributed by atoms with E-state index >= 15 is 0 Å². The van der Waals surface area contributed by atoms with Crippen molar-refractivity contribution in [1.82, 2.24) is 5.01 Å². The van der Waals surface area contributed by atoms with Crippen LogP contribution >= 0.6 is 35.1 Å². The number of hydrogen-bond donors (Lipinski definition) is 0. The fourth-order valence-electron chi connectivity index (χ4n) is 1.85. The van der Waals surface area contributed by atoms with Gasteiger partial charge in [-0.2, -0.15) is 14.5 Å². The smallest absolute Gasteiger partial charge is 0.209 e. The minimum absolute atomic E-state index is 0.507. The van der Waals surface area contributed by atoms with Gasteiger partial charge in [0.1, 0.15) is 5.84 Å². The van der Waals surface area contributed by atoms with Crippen molar-refractivity contribution in [3.8, 4) is 0 Å². The van der Waals surface area contributed by atoms with E-state index < -0.39 is 0 Å². The second-order valence-electron chi connectivity index (χ2n) is 4.03. The van der Waals surface area contributed by atoms with Crippen LogP contribution in [-0.4, -0.2) is 28.3 Å². The molecule has 2 aliphatic heterocycles. The van der Waals surface area contributed by atoms with Crippen LogP contribution in [0.5, 0.6) is 0 Å². The van der Waals surface area contributed by atoms with Gasteiger partial charge in [-0.15, -0.1) is 0 Å². The van der Waals surface area contributed by atoms with E-state index in [1.165, 1.54) is 11.9 Å². The van der Waals surface area contributed by atoms with E-state index in [1.54, 1.807) is 17.1 Å². The highest BCUT2D eigenvalue weighted by Gasteiger charge is 2.27. The lowest BCUT2D eigenvalue weighted by molar-refractivity contribution is 0.650. The maximum atomic E-state index is 6.21. The van der Waals surface area contributed by atoms with E-state index in [9.17, 15) is 0 Å². The Labute approximate surface area is 125 Å². The number of nitrogens with zero attached hydrogens (tertiary/aromatic N) is 4. The molecule has 0 spiro atoms. The van der Waals surface area contributed by atoms with E-state index in [0.29, 0.717) is 16.6 Å². The Kier molecular flexibility index (Phi) is 3.52. The molecule has 0 radical (unpaired) electrons. The number of hydrogen-bond acceptors (Lipinski definition) is 5. The van der Waals surface area contributed by atoms with Gasteiger partial charge in [0, 0.05) is 17.0 Å². The molecule has 1 aromatic rings. The van der Waals surface area contributed by atoms with Crippen LogP contribution in [0.3, 0.4) is 0 Å². The first-order valence-corrected chi connectivity index (χ1v) is 7.33. The summed E-state index contributed by atoms with van der Waals surface area (Å²) in [6.45, 7) is 2.55. The standard InChI is InChI=1S/C12H10Cl2N4S/c1-2-11-17-19-12-15-6-10(16-18(11)12)8-4-3-7(13)5-9(8)14/h3-5H,2,6H2,1H3. The lowest BCUT2D eigenvalue weighted by Crippen LogP contribution is -2.31. The van der Waals surface area contributed by atoms with Crippen molar-refractivity contribution in [2.75, 3.05) is 6.54 Å². The van der Waals surface area contributed by atoms with Crippen molar-refractivity contribution in [1.29, 1.82) is 0 Å². The zero-order valence-electron chi connectivity index (χ0n) is 10.1. The first-order chi connectivity index (χ1) is 9.19. The zero-order chi connectivity index (χ0) is 13.4. The topological polar surface area (TPSA) is 40.3 Å². The summed E-state index contributed by atoms with van der Waals surface area (Å²) < 4.78 is 4.33. The number of halogens is 2. The highest BCUT2D eigenvalue weighted by Crippen LogP contribution is 2.28. The van der Waals surface area contributed by atoms with Crippen molar-refractivity contribution in [3.05, 3.63) is 33.8 Å². The summed E-state index contributed by atoms with van der Waals surface area (Å²) in [5, 5.41) is 8.41. The Balaban J connectivity index is 1.97. The maximum absolute atomic E-state index is 6.21. The molecule has 7 heteroatoms. The normalized spacial score (nSPS) is 17.8. The maximum Gasteiger partial charge on any atom is 0.209 e. The molecule has 0 N–H and O–H groups in total. The average molecular weight is 313 g/mol. The first kappa shape index (κ1) is 13.0. The first-order valence-electron chi connectivity index (χ1n) is 5.80. The lowest BCUT2D eigenvalue weighted by Gasteiger charge is -2.20. The fraction of sp³-hybridized carbons (Fsp3) is 0.250. The molecule has 0 aliphatic carbocycles. The van der Waals surface area contributed by atoms with E-state index in [1.807, 2.05) is 13.0 Å². The molecule has 0 saturated carbocycles. The van der Waals surface area contributed by atoms with Gasteiger partial charge < -0.3 is 0 Å². The number of aliphatic imine (C=N–C) groups is 1. The fourth-order valence-corrected chi connectivity index (χ4v) is 3.11. The van der Waals surface area contributed by atoms with Crippen LogP contribution in [-0.2, 0) is 0 Å². The van der Waals surface area contributed by atoms with Crippen molar-refractivity contribution in [3.63, 3.8) is 0 Å². The third-order valence-corrected chi connectivity index (χ3v) is 4.12. The molecule has 0 saturated heterocycles. The van der Waals surface area contributed by atoms with Crippen LogP contribution in [0.4, 0.5) is 0 Å². The van der Waals surface area contributed by atoms with Gasteiger partial charge in [0.15, 0.2) is 0 Å². The molecule has 3 rings (SSSR count). The predicted octanol–water partition coefficient (Wildman–Crippen LogP) is 3.84. The van der Waals surface area contributed by atoms with Crippen LogP contribution in [0.25, 0.3) is 0 Å². The van der Waals surface area contributed by atoms with E-state index in [4.69, 9.17) is 23.2 Å². The van der Waals surface area contributed by atoms with Gasteiger partial charge in [-0.1, -0.05) is 36.2 Å². The van der Waals surface area contributed by atoms with Crippen LogP contribution < -0.4 is 0 Å². The van der Waals surface area contributed by atoms with E-state index in [0.717, 1.165) is 28.7 Å². The number of fused-ring (bicyclic) bond motifs is 1. The molecule has 0 fully saturated rings. The van der Waals surface area contributed by atoms with E-state index in [2.05, 4.69) is 14.5 Å². The third-order valence-electron chi connectivity index (χ3n) is 2.80. The Morgan fingerprint density at radius 1 is 1.37 bits per heavy atom. The summed E-state index contributed by atoms with van der Waals surface area (Å²) in [7, 11) is 0. The van der Waals surface area contributed by atoms with Gasteiger partial charge in [-0.3, -0.25) is 4.99 Å². The Morgan fingerprint density at radius 3 is 2.95 bits per heavy atom. The zero-order valence-corrected chi connectivity index (χ0v) is 12.4. The molecule has 19 heavy (non-hydrogen) atoms. The van der Waals surface area contributed by atoms with E-state index in [-0.39, 0.29) is 0 Å². The Bertz CT molecular complexity index is 624. The number of hydrazone groups is 1. The van der Waals surface area contributed by atoms with Crippen LogP contribution in [0.1, 0.15) is 18.9 Å². The Morgan fingerprint density at radius 2 is 2.21 bits per heavy atom. The molecule has 0 amide bonds. The SMILES string of the molecule is CCC1=NSC2=NCC(c3ccc(Cl)cc3Cl)=NN12. The van der Waals surface area contributed by atoms with Crippen molar-refractivity contribution in [2.45, 2.75) is 13.3 Å². The van der Waals surface area contributed by atoms with Crippen LogP contribution in [0.2, 0.25) is 10.0 Å². The van der Waals surface area contributed by atoms with Crippen molar-refractivity contribution >= 4 is 51.9 Å². The molecule has 0 bridgehead atoms.